The van der Waals surface area contributed by atoms with E-state index >= 15 is 0 Å². The van der Waals surface area contributed by atoms with Crippen LogP contribution in [0.4, 0.5) is 28.7 Å². The Morgan fingerprint density at radius 2 is 1.88 bits per heavy atom. The lowest BCUT2D eigenvalue weighted by Crippen LogP contribution is -2.51. The Kier molecular flexibility index (Phi) is 10.0. The zero-order valence-corrected chi connectivity index (χ0v) is 32.8. The van der Waals surface area contributed by atoms with Crippen molar-refractivity contribution in [1.29, 1.82) is 0 Å². The van der Waals surface area contributed by atoms with Gasteiger partial charge in [-0.2, -0.15) is 0 Å². The smallest absolute Gasteiger partial charge is 0.293 e. The first kappa shape index (κ1) is 37.8. The van der Waals surface area contributed by atoms with E-state index in [0.717, 1.165) is 50.4 Å². The summed E-state index contributed by atoms with van der Waals surface area (Å²) in [7, 11) is 1.63. The molecule has 0 radical (unpaired) electrons. The molecule has 0 unspecified atom stereocenters. The predicted molar refractivity (Wildman–Crippen MR) is 221 cm³/mol. The summed E-state index contributed by atoms with van der Waals surface area (Å²) in [6.45, 7) is 14.1. The van der Waals surface area contributed by atoms with E-state index in [9.17, 15) is 19.5 Å². The standard InChI is InChI=1S/C43H48N10O4/c1-6-38(55)47-33-20-29(10-11-35(33)51-16-15-50(23-27(51)2)24-30-9-7-8-13-44-30)46-39-42(57)49(5)25-34(48-39)31-12-14-45-40(32(31)26-54)53-18-17-52-36(41(53)56)19-28-21-43(3,4)22-37(28)52/h6-14,19-20,25,27,54H,1,15-18,21-24,26H2,2-5H3,(H,46,48)(H,47,55)/t27-/m0/s1. The van der Waals surface area contributed by atoms with Gasteiger partial charge in [0.2, 0.25) is 5.91 Å². The number of aliphatic hydroxyl groups is 1. The van der Waals surface area contributed by atoms with Crippen LogP contribution in [0.3, 0.4) is 0 Å². The highest BCUT2D eigenvalue weighted by Crippen LogP contribution is 2.40. The van der Waals surface area contributed by atoms with Crippen molar-refractivity contribution < 1.29 is 14.7 Å². The van der Waals surface area contributed by atoms with E-state index in [1.54, 1.807) is 36.5 Å². The summed E-state index contributed by atoms with van der Waals surface area (Å²) in [5, 5.41) is 16.9. The van der Waals surface area contributed by atoms with Gasteiger partial charge in [-0.25, -0.2) is 9.97 Å². The number of anilines is 5. The highest BCUT2D eigenvalue weighted by atomic mass is 16.3. The number of amides is 2. The van der Waals surface area contributed by atoms with E-state index in [2.05, 4.69) is 62.3 Å². The number of aliphatic hydroxyl groups excluding tert-OH is 1. The largest absolute Gasteiger partial charge is 0.392 e. The van der Waals surface area contributed by atoms with E-state index in [1.165, 1.54) is 21.9 Å². The first-order valence-corrected chi connectivity index (χ1v) is 19.4. The van der Waals surface area contributed by atoms with Gasteiger partial charge >= 0.3 is 0 Å². The van der Waals surface area contributed by atoms with Crippen LogP contribution in [-0.4, -0.2) is 78.1 Å². The fourth-order valence-electron chi connectivity index (χ4n) is 8.58. The molecule has 2 amide bonds. The molecule has 0 saturated carbocycles. The van der Waals surface area contributed by atoms with Crippen LogP contribution in [0.15, 0.2) is 84.6 Å². The third-order valence-electron chi connectivity index (χ3n) is 11.3. The SMILES string of the molecule is C=CC(=O)Nc1cc(Nc2nc(-c3ccnc(N4CCn5c(cc6c5CC(C)(C)C6)C4=O)c3CO)cn(C)c2=O)ccc1N1CCN(Cc2ccccn2)C[C@@H]1C. The molecule has 1 saturated heterocycles. The zero-order valence-electron chi connectivity index (χ0n) is 32.8. The maximum absolute atomic E-state index is 14.0. The molecule has 1 aromatic carbocycles. The molecule has 294 valence electrons. The molecular formula is C43H48N10O4. The van der Waals surface area contributed by atoms with E-state index in [4.69, 9.17) is 4.98 Å². The number of rotatable bonds is 10. The minimum atomic E-state index is -0.398. The second-order valence-electron chi connectivity index (χ2n) is 16.0. The molecule has 5 aromatic rings. The molecule has 0 spiro atoms. The number of pyridine rings is 2. The second kappa shape index (κ2) is 15.1. The molecule has 4 aromatic heterocycles. The number of hydrogen-bond donors (Lipinski definition) is 3. The molecule has 1 aliphatic carbocycles. The fourth-order valence-corrected chi connectivity index (χ4v) is 8.58. The van der Waals surface area contributed by atoms with Gasteiger partial charge < -0.3 is 29.8 Å². The molecule has 2 aliphatic heterocycles. The number of aromatic nitrogens is 5. The Hall–Kier alpha value is -6.12. The molecule has 1 fully saturated rings. The highest BCUT2D eigenvalue weighted by molar-refractivity contribution is 6.06. The van der Waals surface area contributed by atoms with Gasteiger partial charge in [0, 0.05) is 93.5 Å². The van der Waals surface area contributed by atoms with Gasteiger partial charge in [0.25, 0.3) is 11.5 Å². The van der Waals surface area contributed by atoms with Crippen molar-refractivity contribution in [2.45, 2.75) is 59.4 Å². The van der Waals surface area contributed by atoms with Gasteiger partial charge in [-0.15, -0.1) is 0 Å². The molecule has 57 heavy (non-hydrogen) atoms. The highest BCUT2D eigenvalue weighted by Gasteiger charge is 2.37. The van der Waals surface area contributed by atoms with Gasteiger partial charge in [0.15, 0.2) is 5.82 Å². The topological polar surface area (TPSA) is 154 Å². The minimum Gasteiger partial charge on any atom is -0.392 e. The third-order valence-corrected chi connectivity index (χ3v) is 11.3. The lowest BCUT2D eigenvalue weighted by Gasteiger charge is -2.42. The summed E-state index contributed by atoms with van der Waals surface area (Å²) < 4.78 is 3.57. The number of carbonyl (C=O) groups excluding carboxylic acids is 2. The molecule has 8 rings (SSSR count). The van der Waals surface area contributed by atoms with Crippen LogP contribution in [0.5, 0.6) is 0 Å². The monoisotopic (exact) mass is 768 g/mol. The van der Waals surface area contributed by atoms with Crippen LogP contribution in [0, 0.1) is 5.41 Å². The van der Waals surface area contributed by atoms with Gasteiger partial charge in [-0.05, 0) is 79.3 Å². The summed E-state index contributed by atoms with van der Waals surface area (Å²) in [6.07, 6.45) is 8.10. The van der Waals surface area contributed by atoms with Crippen molar-refractivity contribution in [2.24, 2.45) is 12.5 Å². The van der Waals surface area contributed by atoms with E-state index in [-0.39, 0.29) is 34.6 Å². The Bertz CT molecular complexity index is 2440. The number of fused-ring (bicyclic) bond motifs is 3. The first-order valence-electron chi connectivity index (χ1n) is 19.4. The van der Waals surface area contributed by atoms with E-state index in [0.29, 0.717) is 52.8 Å². The normalized spacial score (nSPS) is 17.6. The quantitative estimate of drug-likeness (QED) is 0.167. The Labute approximate surface area is 331 Å². The number of aryl methyl sites for hydroxylation is 1. The summed E-state index contributed by atoms with van der Waals surface area (Å²) in [6, 6.07) is 15.4. The second-order valence-corrected chi connectivity index (χ2v) is 16.0. The van der Waals surface area contributed by atoms with Gasteiger partial charge in [-0.1, -0.05) is 26.5 Å². The van der Waals surface area contributed by atoms with Crippen LogP contribution in [0.1, 0.15) is 53.8 Å². The van der Waals surface area contributed by atoms with Crippen LogP contribution < -0.4 is 26.0 Å². The van der Waals surface area contributed by atoms with Gasteiger partial charge in [-0.3, -0.25) is 29.2 Å². The predicted octanol–water partition coefficient (Wildman–Crippen LogP) is 4.90. The summed E-state index contributed by atoms with van der Waals surface area (Å²) in [5.74, 6) is -0.105. The van der Waals surface area contributed by atoms with Crippen LogP contribution in [-0.2, 0) is 44.4 Å². The van der Waals surface area contributed by atoms with Crippen molar-refractivity contribution in [3.63, 3.8) is 0 Å². The average Bonchev–Trinajstić information content (AvgIpc) is 3.69. The lowest BCUT2D eigenvalue weighted by atomic mass is 9.90. The van der Waals surface area contributed by atoms with Crippen LogP contribution >= 0.6 is 0 Å². The van der Waals surface area contributed by atoms with Crippen molar-refractivity contribution >= 4 is 40.5 Å². The van der Waals surface area contributed by atoms with E-state index in [1.807, 2.05) is 42.6 Å². The van der Waals surface area contributed by atoms with Gasteiger partial charge in [0.05, 0.1) is 29.4 Å². The van der Waals surface area contributed by atoms with Gasteiger partial charge in [0.1, 0.15) is 11.5 Å². The molecular weight excluding hydrogens is 721 g/mol. The Morgan fingerprint density at radius 3 is 2.63 bits per heavy atom. The number of hydrogen-bond acceptors (Lipinski definition) is 10. The molecule has 14 heteroatoms. The number of nitrogens with one attached hydrogen (secondary N) is 2. The van der Waals surface area contributed by atoms with Crippen molar-refractivity contribution in [3.05, 3.63) is 118 Å². The maximum Gasteiger partial charge on any atom is 0.293 e. The van der Waals surface area contributed by atoms with Crippen molar-refractivity contribution in [3.8, 4) is 11.3 Å². The number of carbonyl (C=O) groups is 2. The maximum atomic E-state index is 14.0. The summed E-state index contributed by atoms with van der Waals surface area (Å²) in [5.41, 5.74) is 7.25. The van der Waals surface area contributed by atoms with E-state index < -0.39 is 6.61 Å². The average molecular weight is 769 g/mol. The van der Waals surface area contributed by atoms with Crippen LogP contribution in [0.25, 0.3) is 11.3 Å². The Morgan fingerprint density at radius 1 is 1.04 bits per heavy atom. The summed E-state index contributed by atoms with van der Waals surface area (Å²) >= 11 is 0. The summed E-state index contributed by atoms with van der Waals surface area (Å²) in [4.78, 5) is 60.3. The molecule has 3 aliphatic rings. The lowest BCUT2D eigenvalue weighted by molar-refractivity contribution is -0.111. The molecule has 0 bridgehead atoms. The number of benzene rings is 1. The number of nitrogens with zero attached hydrogens (tertiary/aromatic N) is 8. The molecule has 3 N–H and O–H groups in total. The fraction of sp³-hybridized carbons (Fsp3) is 0.349. The third kappa shape index (κ3) is 7.33. The molecule has 6 heterocycles. The molecule has 1 atom stereocenters. The van der Waals surface area contributed by atoms with Crippen molar-refractivity contribution in [1.82, 2.24) is 29.0 Å². The minimum absolute atomic E-state index is 0.0480. The van der Waals surface area contributed by atoms with Crippen molar-refractivity contribution in [2.75, 3.05) is 46.6 Å². The first-order chi connectivity index (χ1) is 27.4. The zero-order chi connectivity index (χ0) is 40.0. The number of piperazine rings is 1. The Balaban J connectivity index is 1.06. The molecule has 14 nitrogen and oxygen atoms in total. The van der Waals surface area contributed by atoms with Crippen LogP contribution in [0.2, 0.25) is 0 Å².